The third-order valence-corrected chi connectivity index (χ3v) is 3.63. The third-order valence-electron chi connectivity index (χ3n) is 3.63. The van der Waals surface area contributed by atoms with Crippen molar-refractivity contribution in [3.63, 3.8) is 0 Å². The van der Waals surface area contributed by atoms with Gasteiger partial charge >= 0.3 is 0 Å². The molecule has 0 aromatic heterocycles. The lowest BCUT2D eigenvalue weighted by molar-refractivity contribution is 0.281. The zero-order valence-electron chi connectivity index (χ0n) is 13.8. The van der Waals surface area contributed by atoms with Gasteiger partial charge in [0.2, 0.25) is 0 Å². The maximum atomic E-state index is 9.16. The van der Waals surface area contributed by atoms with E-state index >= 15 is 0 Å². The Kier molecular flexibility index (Phi) is 7.32. The minimum atomic E-state index is 0. The standard InChI is InChI=1S/C18H21N3O3.HI/c19-18(20-11-13-3-1-4-14(9-13)12-22)21-15-5-6-16-17(10-15)24-8-2-7-23-16;/h1,3-6,9-10,22H,2,7-8,11-12H2,(H3,19,20,21);1H. The van der Waals surface area contributed by atoms with Crippen molar-refractivity contribution in [2.24, 2.45) is 10.7 Å². The molecule has 6 nitrogen and oxygen atoms in total. The van der Waals surface area contributed by atoms with Gasteiger partial charge in [-0.2, -0.15) is 0 Å². The van der Waals surface area contributed by atoms with Gasteiger partial charge in [0.1, 0.15) is 0 Å². The Hall–Kier alpha value is -2.00. The normalized spacial score (nSPS) is 13.6. The number of rotatable bonds is 4. The quantitative estimate of drug-likeness (QED) is 0.375. The van der Waals surface area contributed by atoms with Crippen LogP contribution in [0.3, 0.4) is 0 Å². The fourth-order valence-electron chi connectivity index (χ4n) is 2.43. The van der Waals surface area contributed by atoms with Gasteiger partial charge in [-0.1, -0.05) is 24.3 Å². The Morgan fingerprint density at radius 3 is 2.64 bits per heavy atom. The number of nitrogens with one attached hydrogen (secondary N) is 1. The number of hydrogen-bond acceptors (Lipinski definition) is 4. The van der Waals surface area contributed by atoms with Crippen LogP contribution in [-0.2, 0) is 13.2 Å². The summed E-state index contributed by atoms with van der Waals surface area (Å²) in [5.41, 5.74) is 8.59. The van der Waals surface area contributed by atoms with Crippen LogP contribution in [0.1, 0.15) is 17.5 Å². The minimum Gasteiger partial charge on any atom is -0.490 e. The number of benzene rings is 2. The first-order valence-electron chi connectivity index (χ1n) is 7.90. The number of hydrogen-bond donors (Lipinski definition) is 3. The average Bonchev–Trinajstić information content (AvgIpc) is 2.85. The van der Waals surface area contributed by atoms with Crippen molar-refractivity contribution < 1.29 is 14.6 Å². The number of aliphatic imine (C=N–C) groups is 1. The molecule has 4 N–H and O–H groups in total. The van der Waals surface area contributed by atoms with Crippen molar-refractivity contribution in [3.8, 4) is 11.5 Å². The van der Waals surface area contributed by atoms with Gasteiger partial charge in [-0.3, -0.25) is 0 Å². The molecule has 1 aliphatic heterocycles. The molecule has 0 atom stereocenters. The first kappa shape index (κ1) is 19.3. The molecule has 0 radical (unpaired) electrons. The molecule has 7 heteroatoms. The molecular weight excluding hydrogens is 433 g/mol. The SMILES string of the molecule is I.NC(=NCc1cccc(CO)c1)Nc1ccc2c(c1)OCCCO2. The number of aliphatic hydroxyl groups is 1. The number of aliphatic hydroxyl groups excluding tert-OH is 1. The number of nitrogens with two attached hydrogens (primary N) is 1. The first-order chi connectivity index (χ1) is 11.7. The predicted molar refractivity (Wildman–Crippen MR) is 109 cm³/mol. The number of halogens is 1. The van der Waals surface area contributed by atoms with Crippen LogP contribution in [0.2, 0.25) is 0 Å². The predicted octanol–water partition coefficient (Wildman–Crippen LogP) is 2.89. The van der Waals surface area contributed by atoms with Gasteiger partial charge in [0, 0.05) is 18.2 Å². The van der Waals surface area contributed by atoms with Crippen molar-refractivity contribution in [2.75, 3.05) is 18.5 Å². The molecule has 0 bridgehead atoms. The van der Waals surface area contributed by atoms with E-state index in [0.717, 1.165) is 29.0 Å². The summed E-state index contributed by atoms with van der Waals surface area (Å²) < 4.78 is 11.3. The number of fused-ring (bicyclic) bond motifs is 1. The van der Waals surface area contributed by atoms with E-state index in [1.54, 1.807) is 0 Å². The molecule has 0 saturated carbocycles. The summed E-state index contributed by atoms with van der Waals surface area (Å²) in [6, 6.07) is 13.2. The number of nitrogens with zero attached hydrogens (tertiary/aromatic N) is 1. The average molecular weight is 455 g/mol. The molecule has 0 fully saturated rings. The topological polar surface area (TPSA) is 89.1 Å². The maximum absolute atomic E-state index is 9.16. The second-order valence-electron chi connectivity index (χ2n) is 5.52. The van der Waals surface area contributed by atoms with Crippen LogP contribution in [0, 0.1) is 0 Å². The van der Waals surface area contributed by atoms with Crippen molar-refractivity contribution in [3.05, 3.63) is 53.6 Å². The fourth-order valence-corrected chi connectivity index (χ4v) is 2.43. The Morgan fingerprint density at radius 2 is 1.84 bits per heavy atom. The summed E-state index contributed by atoms with van der Waals surface area (Å²) in [5, 5.41) is 12.2. The summed E-state index contributed by atoms with van der Waals surface area (Å²) in [5.74, 6) is 1.77. The summed E-state index contributed by atoms with van der Waals surface area (Å²) >= 11 is 0. The molecular formula is C18H22IN3O3. The molecule has 2 aromatic rings. The van der Waals surface area contributed by atoms with E-state index < -0.39 is 0 Å². The third kappa shape index (κ3) is 5.50. The number of guanidine groups is 1. The Labute approximate surface area is 164 Å². The zero-order chi connectivity index (χ0) is 16.8. The largest absolute Gasteiger partial charge is 0.490 e. The molecule has 134 valence electrons. The maximum Gasteiger partial charge on any atom is 0.193 e. The molecule has 2 aromatic carbocycles. The van der Waals surface area contributed by atoms with E-state index in [1.807, 2.05) is 42.5 Å². The van der Waals surface area contributed by atoms with Crippen LogP contribution in [0.4, 0.5) is 5.69 Å². The van der Waals surface area contributed by atoms with Crippen LogP contribution < -0.4 is 20.5 Å². The van der Waals surface area contributed by atoms with Crippen LogP contribution in [0.15, 0.2) is 47.5 Å². The molecule has 25 heavy (non-hydrogen) atoms. The fraction of sp³-hybridized carbons (Fsp3) is 0.278. The van der Waals surface area contributed by atoms with Crippen LogP contribution in [0.5, 0.6) is 11.5 Å². The van der Waals surface area contributed by atoms with Gasteiger partial charge in [0.25, 0.3) is 0 Å². The molecule has 0 unspecified atom stereocenters. The zero-order valence-corrected chi connectivity index (χ0v) is 16.1. The lowest BCUT2D eigenvalue weighted by Gasteiger charge is -2.11. The second kappa shape index (κ2) is 9.47. The Bertz CT molecular complexity index is 737. The lowest BCUT2D eigenvalue weighted by Crippen LogP contribution is -2.22. The molecule has 0 spiro atoms. The van der Waals surface area contributed by atoms with E-state index in [-0.39, 0.29) is 30.6 Å². The molecule has 0 amide bonds. The van der Waals surface area contributed by atoms with Crippen molar-refractivity contribution in [1.82, 2.24) is 0 Å². The van der Waals surface area contributed by atoms with Crippen molar-refractivity contribution in [2.45, 2.75) is 19.6 Å². The van der Waals surface area contributed by atoms with Gasteiger partial charge < -0.3 is 25.6 Å². The Balaban J connectivity index is 0.00000225. The van der Waals surface area contributed by atoms with E-state index in [1.165, 1.54) is 0 Å². The molecule has 0 saturated heterocycles. The monoisotopic (exact) mass is 455 g/mol. The smallest absolute Gasteiger partial charge is 0.193 e. The van der Waals surface area contributed by atoms with E-state index in [4.69, 9.17) is 20.3 Å². The highest BCUT2D eigenvalue weighted by molar-refractivity contribution is 14.0. The molecule has 0 aliphatic carbocycles. The highest BCUT2D eigenvalue weighted by Gasteiger charge is 2.10. The van der Waals surface area contributed by atoms with Gasteiger partial charge in [-0.25, -0.2) is 4.99 Å². The summed E-state index contributed by atoms with van der Waals surface area (Å²) in [4.78, 5) is 4.33. The Morgan fingerprint density at radius 1 is 1.08 bits per heavy atom. The summed E-state index contributed by atoms with van der Waals surface area (Å²) in [6.07, 6.45) is 0.869. The highest BCUT2D eigenvalue weighted by Crippen LogP contribution is 2.32. The highest BCUT2D eigenvalue weighted by atomic mass is 127. The van der Waals surface area contributed by atoms with Crippen molar-refractivity contribution in [1.29, 1.82) is 0 Å². The minimum absolute atomic E-state index is 0. The van der Waals surface area contributed by atoms with Crippen LogP contribution in [-0.4, -0.2) is 24.3 Å². The molecule has 3 rings (SSSR count). The van der Waals surface area contributed by atoms with Gasteiger partial charge in [0.15, 0.2) is 17.5 Å². The van der Waals surface area contributed by atoms with Crippen LogP contribution >= 0.6 is 24.0 Å². The summed E-state index contributed by atoms with van der Waals surface area (Å²) in [6.45, 7) is 1.76. The van der Waals surface area contributed by atoms with Gasteiger partial charge in [-0.15, -0.1) is 24.0 Å². The number of ether oxygens (including phenoxy) is 2. The van der Waals surface area contributed by atoms with E-state index in [9.17, 15) is 0 Å². The molecule has 1 heterocycles. The van der Waals surface area contributed by atoms with Crippen LogP contribution in [0.25, 0.3) is 0 Å². The van der Waals surface area contributed by atoms with E-state index in [0.29, 0.717) is 31.5 Å². The van der Waals surface area contributed by atoms with E-state index in [2.05, 4.69) is 10.3 Å². The van der Waals surface area contributed by atoms with Gasteiger partial charge in [-0.05, 0) is 23.3 Å². The lowest BCUT2D eigenvalue weighted by atomic mass is 10.1. The van der Waals surface area contributed by atoms with Gasteiger partial charge in [0.05, 0.1) is 26.4 Å². The molecule has 1 aliphatic rings. The number of anilines is 1. The first-order valence-corrected chi connectivity index (χ1v) is 7.90. The summed E-state index contributed by atoms with van der Waals surface area (Å²) in [7, 11) is 0. The second-order valence-corrected chi connectivity index (χ2v) is 5.52. The van der Waals surface area contributed by atoms with Crippen molar-refractivity contribution >= 4 is 35.6 Å².